The molecule has 1 radical (unpaired) electrons. The summed E-state index contributed by atoms with van der Waals surface area (Å²) in [5.41, 5.74) is 0.713. The Kier molecular flexibility index (Phi) is 5.20. The van der Waals surface area contributed by atoms with Crippen LogP contribution in [0.1, 0.15) is 43.0 Å². The Bertz CT molecular complexity index is 384. The van der Waals surface area contributed by atoms with Crippen molar-refractivity contribution in [2.45, 2.75) is 32.6 Å². The molecule has 1 amide bonds. The van der Waals surface area contributed by atoms with Gasteiger partial charge >= 0.3 is 5.97 Å². The Morgan fingerprint density at radius 1 is 1.12 bits per heavy atom. The van der Waals surface area contributed by atoms with Gasteiger partial charge in [-0.1, -0.05) is 19.8 Å². The van der Waals surface area contributed by atoms with E-state index in [-0.39, 0.29) is 11.5 Å². The number of carbonyl (C=O) groups is 2. The minimum Gasteiger partial charge on any atom is -0.326 e. The second-order valence-corrected chi connectivity index (χ2v) is 3.87. The third kappa shape index (κ3) is 4.68. The lowest BCUT2D eigenvalue weighted by Crippen LogP contribution is -2.11. The van der Waals surface area contributed by atoms with Gasteiger partial charge in [0.1, 0.15) is 0 Å². The van der Waals surface area contributed by atoms with E-state index in [4.69, 9.17) is 0 Å². The van der Waals surface area contributed by atoms with Gasteiger partial charge in [0.2, 0.25) is 5.91 Å². The van der Waals surface area contributed by atoms with Crippen molar-refractivity contribution >= 4 is 17.6 Å². The van der Waals surface area contributed by atoms with Crippen LogP contribution in [0.15, 0.2) is 24.3 Å². The number of hydrogen-bond acceptors (Lipinski definition) is 2. The molecule has 0 aromatic heterocycles. The fourth-order valence-corrected chi connectivity index (χ4v) is 1.45. The van der Waals surface area contributed by atoms with Crippen molar-refractivity contribution in [2.24, 2.45) is 0 Å². The van der Waals surface area contributed by atoms with Crippen LogP contribution in [0.2, 0.25) is 0 Å². The van der Waals surface area contributed by atoms with Crippen LogP contribution < -0.4 is 5.32 Å². The Hall–Kier alpha value is -1.84. The molecule has 0 saturated carbocycles. The van der Waals surface area contributed by atoms with Gasteiger partial charge in [-0.05, 0) is 30.7 Å². The maximum absolute atomic E-state index is 11.5. The van der Waals surface area contributed by atoms with E-state index >= 15 is 0 Å². The first-order valence-corrected chi connectivity index (χ1v) is 5.74. The lowest BCUT2D eigenvalue weighted by atomic mass is 10.2. The highest BCUT2D eigenvalue weighted by Gasteiger charge is 2.05. The normalized spacial score (nSPS) is 9.94. The lowest BCUT2D eigenvalue weighted by Gasteiger charge is -2.04. The van der Waals surface area contributed by atoms with Crippen LogP contribution in [0, 0.1) is 0 Å². The van der Waals surface area contributed by atoms with Gasteiger partial charge in [0, 0.05) is 12.1 Å². The van der Waals surface area contributed by atoms with E-state index in [2.05, 4.69) is 12.2 Å². The summed E-state index contributed by atoms with van der Waals surface area (Å²) in [5.74, 6) is -1.26. The van der Waals surface area contributed by atoms with Crippen LogP contribution in [-0.2, 0) is 9.90 Å². The van der Waals surface area contributed by atoms with Crippen molar-refractivity contribution < 1.29 is 14.7 Å². The van der Waals surface area contributed by atoms with E-state index in [0.717, 1.165) is 19.3 Å². The van der Waals surface area contributed by atoms with Gasteiger partial charge in [-0.25, -0.2) is 9.90 Å². The first kappa shape index (κ1) is 13.2. The third-order valence-electron chi connectivity index (χ3n) is 2.41. The number of carbonyl (C=O) groups excluding carboxylic acids is 2. The second kappa shape index (κ2) is 6.68. The van der Waals surface area contributed by atoms with Crippen molar-refractivity contribution in [2.75, 3.05) is 5.32 Å². The Balaban J connectivity index is 2.46. The first-order valence-electron chi connectivity index (χ1n) is 5.74. The second-order valence-electron chi connectivity index (χ2n) is 3.87. The summed E-state index contributed by atoms with van der Waals surface area (Å²) < 4.78 is 0. The largest absolute Gasteiger partial charge is 0.386 e. The molecule has 1 aromatic rings. The van der Waals surface area contributed by atoms with Gasteiger partial charge in [-0.2, -0.15) is 0 Å². The summed E-state index contributed by atoms with van der Waals surface area (Å²) in [5, 5.41) is 13.2. The molecule has 0 aliphatic rings. The monoisotopic (exact) mass is 234 g/mol. The number of nitrogens with one attached hydrogen (secondary N) is 1. The number of anilines is 1. The molecule has 4 heteroatoms. The summed E-state index contributed by atoms with van der Waals surface area (Å²) in [6.07, 6.45) is 3.49. The van der Waals surface area contributed by atoms with Crippen molar-refractivity contribution in [3.05, 3.63) is 29.8 Å². The predicted molar refractivity (Wildman–Crippen MR) is 64.2 cm³/mol. The average molecular weight is 234 g/mol. The van der Waals surface area contributed by atoms with Crippen molar-refractivity contribution in [3.63, 3.8) is 0 Å². The first-order chi connectivity index (χ1) is 8.13. The molecule has 91 valence electrons. The molecule has 0 atom stereocenters. The molecule has 0 unspecified atom stereocenters. The van der Waals surface area contributed by atoms with E-state index in [1.165, 1.54) is 12.1 Å². The molecule has 0 fully saturated rings. The molecule has 1 rings (SSSR count). The van der Waals surface area contributed by atoms with Crippen LogP contribution in [0.5, 0.6) is 0 Å². The highest BCUT2D eigenvalue weighted by Crippen LogP contribution is 2.10. The molecule has 0 heterocycles. The van der Waals surface area contributed by atoms with Gasteiger partial charge in [0.25, 0.3) is 0 Å². The summed E-state index contributed by atoms with van der Waals surface area (Å²) in [7, 11) is 0. The maximum Gasteiger partial charge on any atom is 0.386 e. The van der Waals surface area contributed by atoms with Crippen molar-refractivity contribution in [1.82, 2.24) is 0 Å². The Morgan fingerprint density at radius 3 is 2.29 bits per heavy atom. The number of hydrogen-bond donors (Lipinski definition) is 1. The van der Waals surface area contributed by atoms with E-state index in [0.29, 0.717) is 12.1 Å². The molecule has 0 aliphatic heterocycles. The highest BCUT2D eigenvalue weighted by atomic mass is 16.4. The number of benzene rings is 1. The van der Waals surface area contributed by atoms with Gasteiger partial charge in [0.05, 0.1) is 5.56 Å². The standard InChI is InChI=1S/C13H16NO3/c1-2-3-4-5-12(15)14-11-8-6-10(7-9-11)13(16)17/h6-9H,2-5H2,1H3,(H,14,15). The Labute approximate surface area is 101 Å². The summed E-state index contributed by atoms with van der Waals surface area (Å²) in [6.45, 7) is 2.08. The van der Waals surface area contributed by atoms with Crippen molar-refractivity contribution in [3.8, 4) is 0 Å². The Morgan fingerprint density at radius 2 is 1.76 bits per heavy atom. The molecule has 0 spiro atoms. The number of amides is 1. The molecule has 0 bridgehead atoms. The predicted octanol–water partition coefficient (Wildman–Crippen LogP) is 2.78. The number of unbranched alkanes of at least 4 members (excludes halogenated alkanes) is 2. The summed E-state index contributed by atoms with van der Waals surface area (Å²) in [6, 6.07) is 5.94. The molecule has 1 aromatic carbocycles. The average Bonchev–Trinajstić information content (AvgIpc) is 2.30. The minimum atomic E-state index is -1.22. The molecule has 0 saturated heterocycles. The zero-order chi connectivity index (χ0) is 12.7. The fraction of sp³-hybridized carbons (Fsp3) is 0.385. The van der Waals surface area contributed by atoms with Crippen LogP contribution in [0.25, 0.3) is 0 Å². The molecule has 4 nitrogen and oxygen atoms in total. The molecular weight excluding hydrogens is 218 g/mol. The molecular formula is C13H16NO3. The summed E-state index contributed by atoms with van der Waals surface area (Å²) >= 11 is 0. The third-order valence-corrected chi connectivity index (χ3v) is 2.41. The van der Waals surface area contributed by atoms with Crippen LogP contribution >= 0.6 is 0 Å². The SMILES string of the molecule is CCCCCC(=O)Nc1ccc(C([O])=O)cc1. The summed E-state index contributed by atoms with van der Waals surface area (Å²) in [4.78, 5) is 22.0. The quantitative estimate of drug-likeness (QED) is 0.769. The van der Waals surface area contributed by atoms with E-state index in [1.807, 2.05) is 0 Å². The van der Waals surface area contributed by atoms with Gasteiger partial charge in [0.15, 0.2) is 0 Å². The zero-order valence-electron chi connectivity index (χ0n) is 9.86. The van der Waals surface area contributed by atoms with Crippen LogP contribution in [-0.4, -0.2) is 11.9 Å². The van der Waals surface area contributed by atoms with E-state index < -0.39 is 5.97 Å². The fourth-order valence-electron chi connectivity index (χ4n) is 1.45. The van der Waals surface area contributed by atoms with Gasteiger partial charge in [-0.15, -0.1) is 0 Å². The topological polar surface area (TPSA) is 66.1 Å². The van der Waals surface area contributed by atoms with Crippen LogP contribution in [0.3, 0.4) is 0 Å². The van der Waals surface area contributed by atoms with Crippen LogP contribution in [0.4, 0.5) is 5.69 Å². The van der Waals surface area contributed by atoms with E-state index in [1.54, 1.807) is 12.1 Å². The smallest absolute Gasteiger partial charge is 0.326 e. The minimum absolute atomic E-state index is 0.0420. The lowest BCUT2D eigenvalue weighted by molar-refractivity contribution is -0.116. The zero-order valence-corrected chi connectivity index (χ0v) is 9.86. The number of rotatable bonds is 6. The van der Waals surface area contributed by atoms with Gasteiger partial charge < -0.3 is 5.32 Å². The molecule has 17 heavy (non-hydrogen) atoms. The maximum atomic E-state index is 11.5. The van der Waals surface area contributed by atoms with E-state index in [9.17, 15) is 14.7 Å². The molecule has 1 N–H and O–H groups in total. The van der Waals surface area contributed by atoms with Crippen molar-refractivity contribution in [1.29, 1.82) is 0 Å². The highest BCUT2D eigenvalue weighted by molar-refractivity contribution is 5.92. The van der Waals surface area contributed by atoms with Gasteiger partial charge in [-0.3, -0.25) is 4.79 Å². The molecule has 0 aliphatic carbocycles.